The van der Waals surface area contributed by atoms with Crippen LogP contribution in [0.5, 0.6) is 11.5 Å². The maximum Gasteiger partial charge on any atom is 0.408 e. The number of alkyl carbamates (subject to hydrolysis) is 1. The van der Waals surface area contributed by atoms with Gasteiger partial charge < -0.3 is 30.0 Å². The van der Waals surface area contributed by atoms with Crippen molar-refractivity contribution in [3.63, 3.8) is 0 Å². The maximum atomic E-state index is 12.9. The fraction of sp³-hybridized carbons (Fsp3) is 0.571. The van der Waals surface area contributed by atoms with Gasteiger partial charge in [0.2, 0.25) is 12.7 Å². The van der Waals surface area contributed by atoms with Gasteiger partial charge in [-0.15, -0.1) is 0 Å². The molecule has 2 rings (SSSR count). The first-order valence-corrected chi connectivity index (χ1v) is 9.86. The molecule has 166 valence electrons. The second kappa shape index (κ2) is 9.69. The number of carbonyl (C=O) groups is 3. The number of ether oxygens (including phenoxy) is 3. The predicted molar refractivity (Wildman–Crippen MR) is 108 cm³/mol. The molecule has 0 saturated carbocycles. The van der Waals surface area contributed by atoms with Crippen molar-refractivity contribution in [2.24, 2.45) is 5.92 Å². The smallest absolute Gasteiger partial charge is 0.408 e. The Hall–Kier alpha value is -2.97. The zero-order chi connectivity index (χ0) is 22.5. The van der Waals surface area contributed by atoms with Crippen molar-refractivity contribution < 1.29 is 33.7 Å². The van der Waals surface area contributed by atoms with E-state index in [-0.39, 0.29) is 19.1 Å². The lowest BCUT2D eigenvalue weighted by Crippen LogP contribution is -2.49. The summed E-state index contributed by atoms with van der Waals surface area (Å²) in [5, 5.41) is 14.6. The number of hydrogen-bond donors (Lipinski definition) is 3. The summed E-state index contributed by atoms with van der Waals surface area (Å²) in [7, 11) is 0. The summed E-state index contributed by atoms with van der Waals surface area (Å²) in [5.41, 5.74) is -0.142. The van der Waals surface area contributed by atoms with Gasteiger partial charge in [-0.1, -0.05) is 19.9 Å². The first-order valence-electron chi connectivity index (χ1n) is 9.86. The molecule has 9 nitrogen and oxygen atoms in total. The van der Waals surface area contributed by atoms with E-state index in [1.165, 1.54) is 0 Å². The van der Waals surface area contributed by atoms with E-state index in [0.29, 0.717) is 23.5 Å². The van der Waals surface area contributed by atoms with Crippen LogP contribution in [0.1, 0.15) is 59.1 Å². The van der Waals surface area contributed by atoms with Crippen molar-refractivity contribution in [2.75, 3.05) is 6.79 Å². The standard InChI is InChI=1S/C21H30N2O7/c1-12(2)8-15(23-20(27)30-21(3,4)5)19(26)22-14(10-18(24)25)13-6-7-16-17(9-13)29-11-28-16/h6-7,9,12,14-15H,8,10-11H2,1-5H3,(H,22,26)(H,23,27)(H,24,25)/t14?,15-/m0/s1. The van der Waals surface area contributed by atoms with Gasteiger partial charge in [-0.05, 0) is 50.8 Å². The Balaban J connectivity index is 2.17. The Morgan fingerprint density at radius 2 is 1.80 bits per heavy atom. The molecule has 0 bridgehead atoms. The summed E-state index contributed by atoms with van der Waals surface area (Å²) in [5.74, 6) is -0.401. The molecule has 0 fully saturated rings. The molecule has 0 aliphatic carbocycles. The van der Waals surface area contributed by atoms with Crippen LogP contribution in [0.3, 0.4) is 0 Å². The molecule has 2 atom stereocenters. The van der Waals surface area contributed by atoms with E-state index in [1.54, 1.807) is 39.0 Å². The van der Waals surface area contributed by atoms with Gasteiger partial charge in [0, 0.05) is 0 Å². The zero-order valence-corrected chi connectivity index (χ0v) is 18.0. The highest BCUT2D eigenvalue weighted by Gasteiger charge is 2.28. The van der Waals surface area contributed by atoms with Crippen molar-refractivity contribution >= 4 is 18.0 Å². The topological polar surface area (TPSA) is 123 Å². The zero-order valence-electron chi connectivity index (χ0n) is 18.0. The molecule has 0 spiro atoms. The number of hydrogen-bond acceptors (Lipinski definition) is 6. The molecule has 1 unspecified atom stereocenters. The molecule has 0 aromatic heterocycles. The fourth-order valence-corrected chi connectivity index (χ4v) is 2.98. The van der Waals surface area contributed by atoms with E-state index in [4.69, 9.17) is 14.2 Å². The van der Waals surface area contributed by atoms with Gasteiger partial charge in [0.25, 0.3) is 0 Å². The Kier molecular flexibility index (Phi) is 7.53. The van der Waals surface area contributed by atoms with E-state index in [0.717, 1.165) is 0 Å². The predicted octanol–water partition coefficient (Wildman–Crippen LogP) is 2.99. The fourth-order valence-electron chi connectivity index (χ4n) is 2.98. The second-order valence-electron chi connectivity index (χ2n) is 8.60. The van der Waals surface area contributed by atoms with Crippen molar-refractivity contribution in [1.29, 1.82) is 0 Å². The summed E-state index contributed by atoms with van der Waals surface area (Å²) in [6, 6.07) is 3.32. The van der Waals surface area contributed by atoms with Crippen LogP contribution in [0, 0.1) is 5.92 Å². The number of fused-ring (bicyclic) bond motifs is 1. The Labute approximate surface area is 176 Å². The Bertz CT molecular complexity index is 786. The van der Waals surface area contributed by atoms with Crippen LogP contribution >= 0.6 is 0 Å². The second-order valence-corrected chi connectivity index (χ2v) is 8.60. The molecule has 0 radical (unpaired) electrons. The van der Waals surface area contributed by atoms with Crippen molar-refractivity contribution in [3.8, 4) is 11.5 Å². The highest BCUT2D eigenvalue weighted by molar-refractivity contribution is 5.86. The van der Waals surface area contributed by atoms with Gasteiger partial charge in [-0.3, -0.25) is 9.59 Å². The number of carboxylic acid groups (broad SMARTS) is 1. The van der Waals surface area contributed by atoms with Gasteiger partial charge in [-0.25, -0.2) is 4.79 Å². The first-order chi connectivity index (χ1) is 13.9. The van der Waals surface area contributed by atoms with Gasteiger partial charge in [0.15, 0.2) is 11.5 Å². The van der Waals surface area contributed by atoms with Gasteiger partial charge in [0.1, 0.15) is 11.6 Å². The summed E-state index contributed by atoms with van der Waals surface area (Å²) in [6.07, 6.45) is -0.667. The summed E-state index contributed by atoms with van der Waals surface area (Å²) in [6.45, 7) is 9.12. The van der Waals surface area contributed by atoms with E-state index >= 15 is 0 Å². The SMILES string of the molecule is CC(C)C[C@H](NC(=O)OC(C)(C)C)C(=O)NC(CC(=O)O)c1ccc2c(c1)OCO2. The number of nitrogens with one attached hydrogen (secondary N) is 2. The van der Waals surface area contributed by atoms with E-state index in [2.05, 4.69) is 10.6 Å². The molecule has 0 saturated heterocycles. The largest absolute Gasteiger partial charge is 0.481 e. The lowest BCUT2D eigenvalue weighted by molar-refractivity contribution is -0.137. The van der Waals surface area contributed by atoms with Crippen LogP contribution in [-0.2, 0) is 14.3 Å². The molecule has 30 heavy (non-hydrogen) atoms. The molecule has 1 aliphatic heterocycles. The molecular formula is C21H30N2O7. The van der Waals surface area contributed by atoms with E-state index in [1.807, 2.05) is 13.8 Å². The van der Waals surface area contributed by atoms with Crippen molar-refractivity contribution in [1.82, 2.24) is 10.6 Å². The third-order valence-corrected chi connectivity index (χ3v) is 4.21. The summed E-state index contributed by atoms with van der Waals surface area (Å²) < 4.78 is 15.9. The average molecular weight is 422 g/mol. The van der Waals surface area contributed by atoms with E-state index < -0.39 is 35.7 Å². The molecular weight excluding hydrogens is 392 g/mol. The molecule has 1 heterocycles. The van der Waals surface area contributed by atoms with Crippen LogP contribution in [0.25, 0.3) is 0 Å². The highest BCUT2D eigenvalue weighted by Crippen LogP contribution is 2.34. The third kappa shape index (κ3) is 7.13. The van der Waals surface area contributed by atoms with Gasteiger partial charge in [0.05, 0.1) is 12.5 Å². The number of carbonyl (C=O) groups excluding carboxylic acids is 2. The lowest BCUT2D eigenvalue weighted by atomic mass is 10.00. The minimum atomic E-state index is -1.07. The lowest BCUT2D eigenvalue weighted by Gasteiger charge is -2.26. The van der Waals surface area contributed by atoms with Gasteiger partial charge in [-0.2, -0.15) is 0 Å². The van der Waals surface area contributed by atoms with Crippen LogP contribution in [-0.4, -0.2) is 41.5 Å². The monoisotopic (exact) mass is 422 g/mol. The molecule has 2 amide bonds. The molecule has 1 aromatic rings. The van der Waals surface area contributed by atoms with Crippen LogP contribution in [0.15, 0.2) is 18.2 Å². The van der Waals surface area contributed by atoms with Crippen LogP contribution in [0.4, 0.5) is 4.79 Å². The summed E-state index contributed by atoms with van der Waals surface area (Å²) >= 11 is 0. The average Bonchev–Trinajstić information content (AvgIpc) is 3.05. The Morgan fingerprint density at radius 3 is 2.40 bits per heavy atom. The quantitative estimate of drug-likeness (QED) is 0.588. The first kappa shape index (κ1) is 23.3. The minimum Gasteiger partial charge on any atom is -0.481 e. The van der Waals surface area contributed by atoms with Crippen LogP contribution < -0.4 is 20.1 Å². The molecule has 1 aliphatic rings. The number of rotatable bonds is 8. The maximum absolute atomic E-state index is 12.9. The van der Waals surface area contributed by atoms with Crippen molar-refractivity contribution in [3.05, 3.63) is 23.8 Å². The Morgan fingerprint density at radius 1 is 1.13 bits per heavy atom. The van der Waals surface area contributed by atoms with Gasteiger partial charge >= 0.3 is 12.1 Å². The van der Waals surface area contributed by atoms with Crippen LogP contribution in [0.2, 0.25) is 0 Å². The number of benzene rings is 1. The normalized spacial score (nSPS) is 14.7. The number of aliphatic carboxylic acids is 1. The van der Waals surface area contributed by atoms with E-state index in [9.17, 15) is 19.5 Å². The molecule has 9 heteroatoms. The highest BCUT2D eigenvalue weighted by atomic mass is 16.7. The van der Waals surface area contributed by atoms with Crippen molar-refractivity contribution in [2.45, 2.75) is 65.1 Å². The summed E-state index contributed by atoms with van der Waals surface area (Å²) in [4.78, 5) is 36.5. The minimum absolute atomic E-state index is 0.0883. The molecule has 3 N–H and O–H groups in total. The number of amides is 2. The molecule has 1 aromatic carbocycles. The third-order valence-electron chi connectivity index (χ3n) is 4.21. The number of carboxylic acids is 1.